The molecule has 0 saturated heterocycles. The van der Waals surface area contributed by atoms with E-state index < -0.39 is 0 Å². The molecule has 126 valence electrons. The smallest absolute Gasteiger partial charge is 0.309 e. The van der Waals surface area contributed by atoms with Gasteiger partial charge in [0.2, 0.25) is 0 Å². The molecular weight excluding hydrogens is 272 g/mol. The Labute approximate surface area is 136 Å². The van der Waals surface area contributed by atoms with Crippen LogP contribution in [0.3, 0.4) is 0 Å². The van der Waals surface area contributed by atoms with Crippen LogP contribution in [0.25, 0.3) is 0 Å². The summed E-state index contributed by atoms with van der Waals surface area (Å²) in [5, 5.41) is 0. The van der Waals surface area contributed by atoms with Crippen LogP contribution < -0.4 is 0 Å². The number of carbonyl (C=O) groups is 1. The van der Waals surface area contributed by atoms with Gasteiger partial charge < -0.3 is 4.74 Å². The van der Waals surface area contributed by atoms with Gasteiger partial charge in [-0.1, -0.05) is 44.9 Å². The highest BCUT2D eigenvalue weighted by molar-refractivity contribution is 5.72. The first-order chi connectivity index (χ1) is 10.8. The molecule has 0 aromatic rings. The summed E-state index contributed by atoms with van der Waals surface area (Å²) in [5.74, 6) is 2.21. The Morgan fingerprint density at radius 3 is 1.73 bits per heavy atom. The fourth-order valence-electron chi connectivity index (χ4n) is 5.05. The molecule has 3 aliphatic carbocycles. The lowest BCUT2D eigenvalue weighted by molar-refractivity contribution is -0.156. The minimum absolute atomic E-state index is 0.133. The molecule has 0 aliphatic heterocycles. The van der Waals surface area contributed by atoms with Crippen LogP contribution in [0.1, 0.15) is 96.3 Å². The molecule has 0 heterocycles. The lowest BCUT2D eigenvalue weighted by Crippen LogP contribution is -2.30. The van der Waals surface area contributed by atoms with E-state index in [0.717, 1.165) is 37.5 Å². The van der Waals surface area contributed by atoms with Gasteiger partial charge in [-0.3, -0.25) is 4.79 Å². The second kappa shape index (κ2) is 8.36. The molecular formula is C20H34O2. The van der Waals surface area contributed by atoms with E-state index in [9.17, 15) is 4.79 Å². The summed E-state index contributed by atoms with van der Waals surface area (Å²) in [4.78, 5) is 12.4. The van der Waals surface area contributed by atoms with Gasteiger partial charge in [-0.15, -0.1) is 0 Å². The molecule has 0 unspecified atom stereocenters. The molecule has 3 saturated carbocycles. The molecule has 0 aromatic carbocycles. The molecule has 2 heteroatoms. The predicted molar refractivity (Wildman–Crippen MR) is 89.6 cm³/mol. The van der Waals surface area contributed by atoms with Crippen LogP contribution in [0.15, 0.2) is 0 Å². The van der Waals surface area contributed by atoms with E-state index in [2.05, 4.69) is 0 Å². The second-order valence-corrected chi connectivity index (χ2v) is 8.06. The van der Waals surface area contributed by atoms with Gasteiger partial charge in [0.05, 0.1) is 5.92 Å². The first kappa shape index (κ1) is 16.3. The SMILES string of the molecule is O=C(OC1CCCCCC1)C1CCC(C2CCCCC2)CC1. The van der Waals surface area contributed by atoms with E-state index in [4.69, 9.17) is 4.74 Å². The highest BCUT2D eigenvalue weighted by atomic mass is 16.5. The molecule has 0 amide bonds. The van der Waals surface area contributed by atoms with Crippen LogP contribution in [0, 0.1) is 17.8 Å². The van der Waals surface area contributed by atoms with E-state index in [0.29, 0.717) is 0 Å². The van der Waals surface area contributed by atoms with Crippen LogP contribution in [0.5, 0.6) is 0 Å². The minimum atomic E-state index is 0.133. The number of carbonyl (C=O) groups excluding carboxylic acids is 1. The van der Waals surface area contributed by atoms with Gasteiger partial charge in [-0.05, 0) is 63.2 Å². The Hall–Kier alpha value is -0.530. The van der Waals surface area contributed by atoms with E-state index >= 15 is 0 Å². The zero-order valence-electron chi connectivity index (χ0n) is 14.2. The van der Waals surface area contributed by atoms with Crippen molar-refractivity contribution >= 4 is 5.97 Å². The quantitative estimate of drug-likeness (QED) is 0.498. The zero-order chi connectivity index (χ0) is 15.2. The lowest BCUT2D eigenvalue weighted by atomic mass is 9.71. The number of hydrogen-bond acceptors (Lipinski definition) is 2. The van der Waals surface area contributed by atoms with Crippen LogP contribution in [0.4, 0.5) is 0 Å². The van der Waals surface area contributed by atoms with Gasteiger partial charge in [0.1, 0.15) is 6.10 Å². The second-order valence-electron chi connectivity index (χ2n) is 8.06. The van der Waals surface area contributed by atoms with Crippen molar-refractivity contribution in [3.8, 4) is 0 Å². The summed E-state index contributed by atoms with van der Waals surface area (Å²) in [6.07, 6.45) is 19.5. The van der Waals surface area contributed by atoms with Gasteiger partial charge in [-0.2, -0.15) is 0 Å². The number of ether oxygens (including phenoxy) is 1. The van der Waals surface area contributed by atoms with E-state index in [-0.39, 0.29) is 18.0 Å². The third kappa shape index (κ3) is 4.49. The lowest BCUT2D eigenvalue weighted by Gasteiger charge is -2.35. The molecule has 0 bridgehead atoms. The predicted octanol–water partition coefficient (Wildman–Crippen LogP) is 5.64. The summed E-state index contributed by atoms with van der Waals surface area (Å²) in [5.41, 5.74) is 0. The van der Waals surface area contributed by atoms with Crippen molar-refractivity contribution in [1.82, 2.24) is 0 Å². The Kier molecular flexibility index (Phi) is 6.20. The molecule has 0 atom stereocenters. The Balaban J connectivity index is 1.41. The molecule has 2 nitrogen and oxygen atoms in total. The van der Waals surface area contributed by atoms with E-state index in [1.54, 1.807) is 0 Å². The maximum atomic E-state index is 12.4. The van der Waals surface area contributed by atoms with Crippen molar-refractivity contribution in [2.45, 2.75) is 102 Å². The molecule has 0 N–H and O–H groups in total. The van der Waals surface area contributed by atoms with Crippen LogP contribution in [-0.4, -0.2) is 12.1 Å². The third-order valence-corrected chi connectivity index (χ3v) is 6.51. The molecule has 0 aromatic heterocycles. The zero-order valence-corrected chi connectivity index (χ0v) is 14.2. The molecule has 0 spiro atoms. The van der Waals surface area contributed by atoms with Crippen molar-refractivity contribution in [2.24, 2.45) is 17.8 Å². The highest BCUT2D eigenvalue weighted by Crippen LogP contribution is 2.40. The van der Waals surface area contributed by atoms with Crippen molar-refractivity contribution in [2.75, 3.05) is 0 Å². The molecule has 3 rings (SSSR count). The third-order valence-electron chi connectivity index (χ3n) is 6.51. The first-order valence-electron chi connectivity index (χ1n) is 10.0. The van der Waals surface area contributed by atoms with Gasteiger partial charge in [0.15, 0.2) is 0 Å². The van der Waals surface area contributed by atoms with E-state index in [1.165, 1.54) is 70.6 Å². The Bertz CT molecular complexity index is 330. The Morgan fingerprint density at radius 2 is 1.09 bits per heavy atom. The summed E-state index contributed by atoms with van der Waals surface area (Å²) in [6, 6.07) is 0. The Morgan fingerprint density at radius 1 is 0.591 bits per heavy atom. The normalized spacial score (nSPS) is 32.4. The molecule has 0 radical (unpaired) electrons. The molecule has 22 heavy (non-hydrogen) atoms. The van der Waals surface area contributed by atoms with Gasteiger partial charge in [0.25, 0.3) is 0 Å². The monoisotopic (exact) mass is 306 g/mol. The van der Waals surface area contributed by atoms with Gasteiger partial charge in [-0.25, -0.2) is 0 Å². The summed E-state index contributed by atoms with van der Waals surface area (Å²) in [6.45, 7) is 0. The van der Waals surface area contributed by atoms with Crippen molar-refractivity contribution in [3.63, 3.8) is 0 Å². The maximum absolute atomic E-state index is 12.4. The fraction of sp³-hybridized carbons (Fsp3) is 0.950. The maximum Gasteiger partial charge on any atom is 0.309 e. The van der Waals surface area contributed by atoms with Crippen LogP contribution in [0.2, 0.25) is 0 Å². The van der Waals surface area contributed by atoms with Crippen molar-refractivity contribution in [3.05, 3.63) is 0 Å². The number of rotatable bonds is 3. The van der Waals surface area contributed by atoms with Gasteiger partial charge >= 0.3 is 5.97 Å². The highest BCUT2D eigenvalue weighted by Gasteiger charge is 2.32. The van der Waals surface area contributed by atoms with Crippen molar-refractivity contribution < 1.29 is 9.53 Å². The largest absolute Gasteiger partial charge is 0.462 e. The van der Waals surface area contributed by atoms with Crippen LogP contribution in [-0.2, 0) is 9.53 Å². The fourth-order valence-corrected chi connectivity index (χ4v) is 5.05. The van der Waals surface area contributed by atoms with Gasteiger partial charge in [0, 0.05) is 0 Å². The average molecular weight is 306 g/mol. The summed E-state index contributed by atoms with van der Waals surface area (Å²) in [7, 11) is 0. The summed E-state index contributed by atoms with van der Waals surface area (Å²) < 4.78 is 5.85. The first-order valence-corrected chi connectivity index (χ1v) is 10.0. The van der Waals surface area contributed by atoms with E-state index in [1.807, 2.05) is 0 Å². The standard InChI is InChI=1S/C20H34O2/c21-20(22-19-10-6-1-2-7-11-19)18-14-12-17(13-15-18)16-8-4-3-5-9-16/h16-19H,1-15H2. The number of hydrogen-bond donors (Lipinski definition) is 0. The van der Waals surface area contributed by atoms with Crippen molar-refractivity contribution in [1.29, 1.82) is 0 Å². The van der Waals surface area contributed by atoms with Crippen LogP contribution >= 0.6 is 0 Å². The average Bonchev–Trinajstić information content (AvgIpc) is 2.84. The minimum Gasteiger partial charge on any atom is -0.462 e. The molecule has 3 aliphatic rings. The number of esters is 1. The molecule has 3 fully saturated rings. The summed E-state index contributed by atoms with van der Waals surface area (Å²) >= 11 is 0. The topological polar surface area (TPSA) is 26.3 Å².